The minimum Gasteiger partial charge on any atom is -0.381 e. The highest BCUT2D eigenvalue weighted by atomic mass is 32.1. The number of nitrogens with one attached hydrogen (secondary N) is 1. The first-order valence-electron chi connectivity index (χ1n) is 12.6. The van der Waals surface area contributed by atoms with Crippen LogP contribution in [0.25, 0.3) is 38.2 Å². The summed E-state index contributed by atoms with van der Waals surface area (Å²) in [6.07, 6.45) is 7.60. The Bertz CT molecular complexity index is 1650. The van der Waals surface area contributed by atoms with Gasteiger partial charge in [-0.15, -0.1) is 11.3 Å². The van der Waals surface area contributed by atoms with Crippen LogP contribution in [0.3, 0.4) is 0 Å². The molecule has 7 nitrogen and oxygen atoms in total. The van der Waals surface area contributed by atoms with E-state index in [-0.39, 0.29) is 5.82 Å². The highest BCUT2D eigenvalue weighted by molar-refractivity contribution is 7.15. The quantitative estimate of drug-likeness (QED) is 0.325. The maximum absolute atomic E-state index is 13.7. The van der Waals surface area contributed by atoms with Crippen molar-refractivity contribution in [2.75, 3.05) is 32.6 Å². The molecule has 1 saturated heterocycles. The van der Waals surface area contributed by atoms with Gasteiger partial charge in [0.1, 0.15) is 22.3 Å². The number of hydrogen-bond donors (Lipinski definition) is 1. The third-order valence-corrected chi connectivity index (χ3v) is 8.66. The average molecular weight is 515 g/mol. The van der Waals surface area contributed by atoms with Gasteiger partial charge in [0.2, 0.25) is 0 Å². The smallest absolute Gasteiger partial charge is 0.140 e. The molecule has 2 aliphatic heterocycles. The van der Waals surface area contributed by atoms with Gasteiger partial charge >= 0.3 is 0 Å². The number of ether oxygens (including phenoxy) is 1. The Labute approximate surface area is 218 Å². The Balaban J connectivity index is 1.37. The Hall–Kier alpha value is -3.40. The second kappa shape index (κ2) is 8.86. The number of aromatic nitrogens is 4. The topological polar surface area (TPSA) is 67.6 Å². The summed E-state index contributed by atoms with van der Waals surface area (Å²) in [7, 11) is 4.18. The summed E-state index contributed by atoms with van der Waals surface area (Å²) >= 11 is 1.81. The second-order valence-electron chi connectivity index (χ2n) is 10.1. The molecule has 1 N–H and O–H groups in total. The molecule has 0 amide bonds. The fourth-order valence-corrected chi connectivity index (χ4v) is 6.90. The van der Waals surface area contributed by atoms with Crippen molar-refractivity contribution in [3.8, 4) is 21.8 Å². The molecule has 5 aromatic rings. The van der Waals surface area contributed by atoms with Gasteiger partial charge in [-0.2, -0.15) is 0 Å². The standard InChI is InChI=1S/C28H27FN6OS/c1-34(2)15-22-26(16-6-9-36-10-7-16)37-28(33-22)21-13-32-27-25-19(21)4-3-18(20(25)12-31-27)23-14-30-24-11-17(29)5-8-35(23)24/h3-5,8,11,13-14,16H,6-7,9-10,12,15H2,1-2H3,(H,31,32). The monoisotopic (exact) mass is 514 g/mol. The van der Waals surface area contributed by atoms with Crippen LogP contribution in [0.1, 0.15) is 34.9 Å². The molecule has 188 valence electrons. The van der Waals surface area contributed by atoms with Crippen molar-refractivity contribution in [2.45, 2.75) is 31.8 Å². The zero-order chi connectivity index (χ0) is 25.1. The first kappa shape index (κ1) is 22.8. The van der Waals surface area contributed by atoms with E-state index in [2.05, 4.69) is 41.4 Å². The number of anilines is 1. The van der Waals surface area contributed by atoms with E-state index in [4.69, 9.17) is 14.7 Å². The predicted molar refractivity (Wildman–Crippen MR) is 145 cm³/mol. The van der Waals surface area contributed by atoms with E-state index in [0.29, 0.717) is 18.1 Å². The Morgan fingerprint density at radius 2 is 2.00 bits per heavy atom. The maximum Gasteiger partial charge on any atom is 0.140 e. The molecule has 0 atom stereocenters. The lowest BCUT2D eigenvalue weighted by atomic mass is 9.97. The van der Waals surface area contributed by atoms with Crippen LogP contribution in [0.2, 0.25) is 0 Å². The third-order valence-electron chi connectivity index (χ3n) is 7.36. The van der Waals surface area contributed by atoms with E-state index in [1.54, 1.807) is 6.20 Å². The number of fused-ring (bicyclic) bond motifs is 1. The van der Waals surface area contributed by atoms with E-state index in [1.165, 1.54) is 22.6 Å². The van der Waals surface area contributed by atoms with Crippen molar-refractivity contribution in [1.29, 1.82) is 0 Å². The molecule has 1 fully saturated rings. The molecule has 0 radical (unpaired) electrons. The Morgan fingerprint density at radius 3 is 2.84 bits per heavy atom. The number of hydrogen-bond acceptors (Lipinski definition) is 7. The van der Waals surface area contributed by atoms with Crippen LogP contribution in [0, 0.1) is 5.82 Å². The van der Waals surface area contributed by atoms with Gasteiger partial charge in [-0.1, -0.05) is 12.1 Å². The summed E-state index contributed by atoms with van der Waals surface area (Å²) in [6, 6.07) is 7.24. The van der Waals surface area contributed by atoms with E-state index in [9.17, 15) is 4.39 Å². The Morgan fingerprint density at radius 1 is 1.14 bits per heavy atom. The highest BCUT2D eigenvalue weighted by Crippen LogP contribution is 2.44. The van der Waals surface area contributed by atoms with Crippen molar-refractivity contribution in [1.82, 2.24) is 24.3 Å². The average Bonchev–Trinajstić information content (AvgIpc) is 3.63. The van der Waals surface area contributed by atoms with Crippen molar-refractivity contribution in [3.05, 3.63) is 64.8 Å². The van der Waals surface area contributed by atoms with Gasteiger partial charge in [0.25, 0.3) is 0 Å². The van der Waals surface area contributed by atoms with Crippen LogP contribution in [0.5, 0.6) is 0 Å². The van der Waals surface area contributed by atoms with Gasteiger partial charge in [-0.3, -0.25) is 4.40 Å². The summed E-state index contributed by atoms with van der Waals surface area (Å²) in [6.45, 7) is 3.13. The largest absolute Gasteiger partial charge is 0.381 e. The summed E-state index contributed by atoms with van der Waals surface area (Å²) in [5.41, 5.74) is 6.03. The molecule has 0 unspecified atom stereocenters. The van der Waals surface area contributed by atoms with E-state index < -0.39 is 0 Å². The first-order chi connectivity index (χ1) is 18.1. The zero-order valence-electron chi connectivity index (χ0n) is 20.8. The molecule has 2 aliphatic rings. The molecule has 0 aliphatic carbocycles. The molecule has 7 rings (SSSR count). The second-order valence-corrected chi connectivity index (χ2v) is 11.1. The molecule has 6 heterocycles. The Kier molecular flexibility index (Phi) is 5.46. The van der Waals surface area contributed by atoms with Crippen LogP contribution >= 0.6 is 11.3 Å². The minimum absolute atomic E-state index is 0.289. The lowest BCUT2D eigenvalue weighted by molar-refractivity contribution is 0.0857. The molecule has 37 heavy (non-hydrogen) atoms. The van der Waals surface area contributed by atoms with E-state index >= 15 is 0 Å². The van der Waals surface area contributed by atoms with Gasteiger partial charge in [-0.25, -0.2) is 19.3 Å². The molecule has 1 aromatic carbocycles. The maximum atomic E-state index is 13.7. The third kappa shape index (κ3) is 3.80. The number of imidazole rings is 1. The van der Waals surface area contributed by atoms with Crippen molar-refractivity contribution >= 4 is 33.6 Å². The van der Waals surface area contributed by atoms with Gasteiger partial charge in [0, 0.05) is 66.2 Å². The summed E-state index contributed by atoms with van der Waals surface area (Å²) < 4.78 is 21.3. The fourth-order valence-electron chi connectivity index (χ4n) is 5.63. The molecular formula is C28H27FN6OS. The zero-order valence-corrected chi connectivity index (χ0v) is 21.6. The molecule has 0 saturated carbocycles. The summed E-state index contributed by atoms with van der Waals surface area (Å²) in [5.74, 6) is 1.10. The lowest BCUT2D eigenvalue weighted by Crippen LogP contribution is -2.17. The normalized spacial score (nSPS) is 15.8. The number of rotatable bonds is 5. The molecule has 9 heteroatoms. The van der Waals surface area contributed by atoms with Gasteiger partial charge in [0.05, 0.1) is 17.6 Å². The van der Waals surface area contributed by atoms with Crippen LogP contribution < -0.4 is 5.32 Å². The van der Waals surface area contributed by atoms with E-state index in [0.717, 1.165) is 76.7 Å². The number of pyridine rings is 2. The molecule has 0 spiro atoms. The summed E-state index contributed by atoms with van der Waals surface area (Å²) in [5, 5.41) is 6.77. The van der Waals surface area contributed by atoms with Crippen LogP contribution in [-0.4, -0.2) is 51.6 Å². The van der Waals surface area contributed by atoms with Gasteiger partial charge in [-0.05, 0) is 49.9 Å². The minimum atomic E-state index is -0.289. The lowest BCUT2D eigenvalue weighted by Gasteiger charge is -2.22. The van der Waals surface area contributed by atoms with Gasteiger partial charge < -0.3 is 15.0 Å². The van der Waals surface area contributed by atoms with Crippen molar-refractivity contribution < 1.29 is 9.13 Å². The fraction of sp³-hybridized carbons (Fsp3) is 0.321. The SMILES string of the molecule is CN(C)Cc1nc(-c2cnc3c4c(c(-c5cnc6cc(F)ccn56)ccc24)CN3)sc1C1CCOCC1. The number of thiazole rings is 1. The van der Waals surface area contributed by atoms with Crippen LogP contribution in [0.15, 0.2) is 42.9 Å². The van der Waals surface area contributed by atoms with Crippen molar-refractivity contribution in [2.24, 2.45) is 0 Å². The first-order valence-corrected chi connectivity index (χ1v) is 13.4. The predicted octanol–water partition coefficient (Wildman–Crippen LogP) is 5.69. The van der Waals surface area contributed by atoms with Crippen LogP contribution in [0.4, 0.5) is 10.2 Å². The number of benzene rings is 1. The molecule has 0 bridgehead atoms. The van der Waals surface area contributed by atoms with Gasteiger partial charge in [0.15, 0.2) is 0 Å². The van der Waals surface area contributed by atoms with E-state index in [1.807, 2.05) is 28.1 Å². The molecule has 4 aromatic heterocycles. The van der Waals surface area contributed by atoms with Crippen LogP contribution in [-0.2, 0) is 17.8 Å². The number of nitrogens with zero attached hydrogens (tertiary/aromatic N) is 5. The highest BCUT2D eigenvalue weighted by Gasteiger charge is 2.27. The van der Waals surface area contributed by atoms with Crippen molar-refractivity contribution in [3.63, 3.8) is 0 Å². The molecular weight excluding hydrogens is 487 g/mol. The summed E-state index contributed by atoms with van der Waals surface area (Å²) in [4.78, 5) is 18.0. The number of halogens is 1.